The van der Waals surface area contributed by atoms with Gasteiger partial charge in [0.15, 0.2) is 0 Å². The highest BCUT2D eigenvalue weighted by molar-refractivity contribution is 5.95. The molecule has 0 amide bonds. The summed E-state index contributed by atoms with van der Waals surface area (Å²) in [4.78, 5) is 9.42. The van der Waals surface area contributed by atoms with Gasteiger partial charge in [0, 0.05) is 67.1 Å². The van der Waals surface area contributed by atoms with E-state index in [9.17, 15) is 0 Å². The van der Waals surface area contributed by atoms with Crippen LogP contribution in [0.15, 0.2) is 48.7 Å². The molecule has 1 atom stereocenters. The number of anilines is 1. The molecule has 196 valence electrons. The standard InChI is InChI=1S/C29H29F2N5O2/c30-23-14-21-15-24(31)27(23)25-16-22-26(17-32-25)33-34-28(22)19-3-1-4-20(13-19)35-8-9-36(29(18-35)5-6-29)7-2-10-37-11-12-38-21/h1,3-4,13-17H,2,5-12,18H2,(H,33,34). The van der Waals surface area contributed by atoms with Crippen molar-refractivity contribution in [3.63, 3.8) is 0 Å². The van der Waals surface area contributed by atoms with Gasteiger partial charge in [0.1, 0.15) is 29.7 Å². The van der Waals surface area contributed by atoms with Crippen LogP contribution in [0, 0.1) is 11.6 Å². The average Bonchev–Trinajstić information content (AvgIpc) is 3.55. The molecule has 10 rings (SSSR count). The molecule has 2 fully saturated rings. The fraction of sp³-hybridized carbons (Fsp3) is 0.379. The maximum absolute atomic E-state index is 15.1. The lowest BCUT2D eigenvalue weighted by molar-refractivity contribution is 0.0814. The van der Waals surface area contributed by atoms with Gasteiger partial charge in [0.2, 0.25) is 0 Å². The van der Waals surface area contributed by atoms with Crippen molar-refractivity contribution >= 4 is 16.6 Å². The molecule has 1 spiro atoms. The number of aromatic nitrogens is 3. The smallest absolute Gasteiger partial charge is 0.139 e. The number of rotatable bonds is 0. The second-order valence-corrected chi connectivity index (χ2v) is 10.4. The first-order valence-electron chi connectivity index (χ1n) is 13.2. The van der Waals surface area contributed by atoms with E-state index in [0.29, 0.717) is 18.7 Å². The van der Waals surface area contributed by atoms with Crippen LogP contribution in [0.4, 0.5) is 14.5 Å². The predicted molar refractivity (Wildman–Crippen MR) is 141 cm³/mol. The summed E-state index contributed by atoms with van der Waals surface area (Å²) in [6.07, 6.45) is 4.96. The number of halogens is 2. The molecule has 8 bridgehead atoms. The number of hydrogen-bond acceptors (Lipinski definition) is 6. The van der Waals surface area contributed by atoms with E-state index < -0.39 is 11.6 Å². The van der Waals surface area contributed by atoms with Crippen LogP contribution in [0.3, 0.4) is 0 Å². The molecule has 1 N–H and O–H groups in total. The molecule has 4 aromatic rings. The van der Waals surface area contributed by atoms with Gasteiger partial charge in [-0.3, -0.25) is 15.0 Å². The van der Waals surface area contributed by atoms with Crippen LogP contribution in [0.25, 0.3) is 33.4 Å². The van der Waals surface area contributed by atoms with Crippen LogP contribution >= 0.6 is 0 Å². The van der Waals surface area contributed by atoms with E-state index >= 15 is 8.78 Å². The van der Waals surface area contributed by atoms with Crippen molar-refractivity contribution in [2.45, 2.75) is 24.8 Å². The molecule has 7 nitrogen and oxygen atoms in total. The Bertz CT molecular complexity index is 1480. The van der Waals surface area contributed by atoms with Crippen molar-refractivity contribution in [1.29, 1.82) is 0 Å². The summed E-state index contributed by atoms with van der Waals surface area (Å²) in [6.45, 7) is 5.22. The van der Waals surface area contributed by atoms with Crippen LogP contribution in [0.2, 0.25) is 0 Å². The van der Waals surface area contributed by atoms with Crippen LogP contribution < -0.4 is 9.64 Å². The first-order valence-corrected chi connectivity index (χ1v) is 13.2. The Kier molecular flexibility index (Phi) is 5.78. The first kappa shape index (κ1) is 23.5. The average molecular weight is 518 g/mol. The Balaban J connectivity index is 1.30. The quantitative estimate of drug-likeness (QED) is 0.353. The highest BCUT2D eigenvalue weighted by atomic mass is 19.1. The minimum absolute atomic E-state index is 0.130. The third kappa shape index (κ3) is 4.19. The van der Waals surface area contributed by atoms with Gasteiger partial charge in [0.25, 0.3) is 0 Å². The number of piperazine rings is 1. The van der Waals surface area contributed by atoms with Crippen LogP contribution in [0.5, 0.6) is 5.75 Å². The van der Waals surface area contributed by atoms with Crippen molar-refractivity contribution in [2.24, 2.45) is 0 Å². The molecule has 1 unspecified atom stereocenters. The van der Waals surface area contributed by atoms with Gasteiger partial charge >= 0.3 is 0 Å². The van der Waals surface area contributed by atoms with E-state index in [1.807, 2.05) is 12.1 Å². The summed E-state index contributed by atoms with van der Waals surface area (Å²) in [7, 11) is 0. The Morgan fingerprint density at radius 3 is 2.66 bits per heavy atom. The van der Waals surface area contributed by atoms with Gasteiger partial charge in [-0.15, -0.1) is 0 Å². The zero-order valence-corrected chi connectivity index (χ0v) is 21.1. The molecular formula is C29H29F2N5O2. The van der Waals surface area contributed by atoms with Crippen LogP contribution in [-0.2, 0) is 4.74 Å². The molecule has 2 aromatic heterocycles. The number of nitrogens with zero attached hydrogens (tertiary/aromatic N) is 4. The molecular weight excluding hydrogens is 488 g/mol. The number of benzene rings is 2. The molecule has 7 heterocycles. The molecule has 2 aromatic carbocycles. The van der Waals surface area contributed by atoms with Crippen molar-refractivity contribution in [2.75, 3.05) is 50.9 Å². The topological polar surface area (TPSA) is 66.5 Å². The van der Waals surface area contributed by atoms with E-state index in [4.69, 9.17) is 9.47 Å². The third-order valence-corrected chi connectivity index (χ3v) is 8.04. The van der Waals surface area contributed by atoms with Crippen molar-refractivity contribution < 1.29 is 18.3 Å². The Morgan fingerprint density at radius 1 is 0.947 bits per heavy atom. The van der Waals surface area contributed by atoms with E-state index in [1.165, 1.54) is 25.0 Å². The molecule has 1 saturated carbocycles. The maximum atomic E-state index is 15.1. The van der Waals surface area contributed by atoms with Crippen molar-refractivity contribution in [3.8, 4) is 28.3 Å². The molecule has 6 aliphatic rings. The lowest BCUT2D eigenvalue weighted by Gasteiger charge is -2.43. The van der Waals surface area contributed by atoms with Gasteiger partial charge in [0.05, 0.1) is 29.6 Å². The zero-order chi connectivity index (χ0) is 25.7. The zero-order valence-electron chi connectivity index (χ0n) is 21.1. The van der Waals surface area contributed by atoms with E-state index in [2.05, 4.69) is 37.1 Å². The molecule has 1 saturated heterocycles. The van der Waals surface area contributed by atoms with Crippen LogP contribution in [-0.4, -0.2) is 71.6 Å². The second kappa shape index (κ2) is 9.32. The largest absolute Gasteiger partial charge is 0.491 e. The molecule has 5 aliphatic heterocycles. The Hall–Kier alpha value is -3.56. The molecule has 1 aliphatic carbocycles. The van der Waals surface area contributed by atoms with Gasteiger partial charge in [-0.1, -0.05) is 12.1 Å². The number of pyridine rings is 1. The highest BCUT2D eigenvalue weighted by Gasteiger charge is 2.50. The fourth-order valence-corrected chi connectivity index (χ4v) is 5.88. The second-order valence-electron chi connectivity index (χ2n) is 10.4. The summed E-state index contributed by atoms with van der Waals surface area (Å²) < 4.78 is 41.5. The highest BCUT2D eigenvalue weighted by Crippen LogP contribution is 2.45. The molecule has 0 radical (unpaired) electrons. The first-order chi connectivity index (χ1) is 18.6. The normalized spacial score (nSPS) is 20.9. The summed E-state index contributed by atoms with van der Waals surface area (Å²) in [5.41, 5.74) is 3.82. The number of aromatic amines is 1. The summed E-state index contributed by atoms with van der Waals surface area (Å²) in [5, 5.41) is 8.33. The number of H-pyrrole nitrogens is 1. The number of nitrogens with one attached hydrogen (secondary N) is 1. The van der Waals surface area contributed by atoms with E-state index in [0.717, 1.165) is 54.9 Å². The fourth-order valence-electron chi connectivity index (χ4n) is 5.88. The van der Waals surface area contributed by atoms with E-state index in [1.54, 1.807) is 12.3 Å². The third-order valence-electron chi connectivity index (χ3n) is 8.04. The van der Waals surface area contributed by atoms with Crippen molar-refractivity contribution in [1.82, 2.24) is 20.1 Å². The summed E-state index contributed by atoms with van der Waals surface area (Å²) >= 11 is 0. The summed E-state index contributed by atoms with van der Waals surface area (Å²) in [5.74, 6) is -1.33. The minimum atomic E-state index is -0.728. The van der Waals surface area contributed by atoms with Crippen molar-refractivity contribution in [3.05, 3.63) is 60.3 Å². The number of ether oxygens (including phenoxy) is 2. The predicted octanol–water partition coefficient (Wildman–Crippen LogP) is 5.02. The monoisotopic (exact) mass is 517 g/mol. The molecule has 9 heteroatoms. The molecule has 38 heavy (non-hydrogen) atoms. The Labute approximate surface area is 219 Å². The van der Waals surface area contributed by atoms with Gasteiger partial charge in [-0.2, -0.15) is 5.10 Å². The van der Waals surface area contributed by atoms with Gasteiger partial charge in [-0.05, 0) is 37.5 Å². The van der Waals surface area contributed by atoms with E-state index in [-0.39, 0.29) is 29.2 Å². The SMILES string of the molecule is Fc1cc2cc(F)c1-c1cc3c(n[nH]c3cn1)-c1cccc(c1)N1CCN(CCCOCCO2)C2(CC2)C1. The Morgan fingerprint density at radius 2 is 1.82 bits per heavy atom. The summed E-state index contributed by atoms with van der Waals surface area (Å²) in [6, 6.07) is 12.5. The minimum Gasteiger partial charge on any atom is -0.491 e. The number of hydrogen-bond donors (Lipinski definition) is 1. The van der Waals surface area contributed by atoms with Gasteiger partial charge < -0.3 is 14.4 Å². The van der Waals surface area contributed by atoms with Crippen LogP contribution in [0.1, 0.15) is 19.3 Å². The lowest BCUT2D eigenvalue weighted by Crippen LogP contribution is -2.55. The maximum Gasteiger partial charge on any atom is 0.139 e. The van der Waals surface area contributed by atoms with Gasteiger partial charge in [-0.25, -0.2) is 8.78 Å². The lowest BCUT2D eigenvalue weighted by atomic mass is 10.0.